The van der Waals surface area contributed by atoms with Gasteiger partial charge in [-0.05, 0) is 24.6 Å². The number of fused-ring (bicyclic) bond motifs is 1. The maximum Gasteiger partial charge on any atom is 0.417 e. The number of rotatable bonds is 3. The highest BCUT2D eigenvalue weighted by Gasteiger charge is 2.35. The number of halogens is 4. The third kappa shape index (κ3) is 3.17. The Morgan fingerprint density at radius 3 is 2.67 bits per heavy atom. The monoisotopic (exact) mass is 355 g/mol. The molecule has 0 unspecified atom stereocenters. The largest absolute Gasteiger partial charge is 0.473 e. The van der Waals surface area contributed by atoms with Crippen LogP contribution in [0.3, 0.4) is 0 Å². The molecule has 8 heteroatoms. The number of alkyl halides is 3. The van der Waals surface area contributed by atoms with Gasteiger partial charge in [0.05, 0.1) is 16.6 Å². The Balaban J connectivity index is 2.01. The predicted molar refractivity (Wildman–Crippen MR) is 84.0 cm³/mol. The van der Waals surface area contributed by atoms with Crippen LogP contribution in [0.15, 0.2) is 30.3 Å². The molecule has 0 atom stereocenters. The van der Waals surface area contributed by atoms with E-state index in [0.29, 0.717) is 5.02 Å². The Kier molecular flexibility index (Phi) is 4.13. The Morgan fingerprint density at radius 1 is 1.25 bits per heavy atom. The van der Waals surface area contributed by atoms with Crippen molar-refractivity contribution in [2.75, 3.05) is 0 Å². The van der Waals surface area contributed by atoms with Crippen molar-refractivity contribution < 1.29 is 17.9 Å². The minimum Gasteiger partial charge on any atom is -0.473 e. The fraction of sp³-hybridized carbons (Fsp3) is 0.250. The maximum absolute atomic E-state index is 13.4. The quantitative estimate of drug-likeness (QED) is 0.693. The minimum absolute atomic E-state index is 0.0138. The zero-order valence-electron chi connectivity index (χ0n) is 12.9. The van der Waals surface area contributed by atoms with Crippen LogP contribution in [0.1, 0.15) is 16.8 Å². The Morgan fingerprint density at radius 2 is 2.00 bits per heavy atom. The SMILES string of the molecule is Cc1nn(C)c2nc(OCc3cccc(Cl)c3)cc(C(F)(F)F)c12. The summed E-state index contributed by atoms with van der Waals surface area (Å²) >= 11 is 5.88. The summed E-state index contributed by atoms with van der Waals surface area (Å²) in [5.41, 5.74) is 0.329. The smallest absolute Gasteiger partial charge is 0.417 e. The molecule has 2 heterocycles. The van der Waals surface area contributed by atoms with Gasteiger partial charge in [0.2, 0.25) is 5.88 Å². The number of hydrogen-bond acceptors (Lipinski definition) is 3. The van der Waals surface area contributed by atoms with Gasteiger partial charge in [0.1, 0.15) is 6.61 Å². The van der Waals surface area contributed by atoms with Gasteiger partial charge in [-0.15, -0.1) is 0 Å². The van der Waals surface area contributed by atoms with E-state index in [1.165, 1.54) is 11.6 Å². The molecule has 3 aromatic rings. The van der Waals surface area contributed by atoms with Crippen LogP contribution in [0.25, 0.3) is 11.0 Å². The van der Waals surface area contributed by atoms with Crippen LogP contribution in [0.5, 0.6) is 5.88 Å². The highest BCUT2D eigenvalue weighted by Crippen LogP contribution is 2.37. The van der Waals surface area contributed by atoms with Crippen LogP contribution in [0.2, 0.25) is 5.02 Å². The molecule has 0 N–H and O–H groups in total. The summed E-state index contributed by atoms with van der Waals surface area (Å²) in [7, 11) is 1.54. The number of nitrogens with zero attached hydrogens (tertiary/aromatic N) is 3. The highest BCUT2D eigenvalue weighted by atomic mass is 35.5. The van der Waals surface area contributed by atoms with Crippen molar-refractivity contribution in [3.05, 3.63) is 52.2 Å². The van der Waals surface area contributed by atoms with Crippen molar-refractivity contribution >= 4 is 22.6 Å². The second-order valence-corrected chi connectivity index (χ2v) is 5.77. The van der Waals surface area contributed by atoms with Gasteiger partial charge in [0.15, 0.2) is 5.65 Å². The molecule has 0 amide bonds. The molecular weight excluding hydrogens is 343 g/mol. The molecule has 126 valence electrons. The number of benzene rings is 1. The molecule has 0 bridgehead atoms. The zero-order chi connectivity index (χ0) is 17.5. The maximum atomic E-state index is 13.4. The van der Waals surface area contributed by atoms with Crippen LogP contribution < -0.4 is 4.74 Å². The first-order valence-corrected chi connectivity index (χ1v) is 7.42. The minimum atomic E-state index is -4.52. The standard InChI is InChI=1S/C16H13ClF3N3O/c1-9-14-12(16(18,19)20)7-13(21-15(14)23(2)22-9)24-8-10-4-3-5-11(17)6-10/h3-7H,8H2,1-2H3. The van der Waals surface area contributed by atoms with Crippen molar-refractivity contribution in [3.8, 4) is 5.88 Å². The van der Waals surface area contributed by atoms with E-state index >= 15 is 0 Å². The Hall–Kier alpha value is -2.28. The van der Waals surface area contributed by atoms with E-state index in [4.69, 9.17) is 16.3 Å². The van der Waals surface area contributed by atoms with Crippen molar-refractivity contribution in [1.82, 2.24) is 14.8 Å². The van der Waals surface area contributed by atoms with Gasteiger partial charge in [-0.25, -0.2) is 0 Å². The molecule has 0 aliphatic rings. The summed E-state index contributed by atoms with van der Waals surface area (Å²) in [6.45, 7) is 1.58. The van der Waals surface area contributed by atoms with E-state index in [-0.39, 0.29) is 29.2 Å². The van der Waals surface area contributed by atoms with Crippen LogP contribution in [-0.4, -0.2) is 14.8 Å². The molecule has 3 rings (SSSR count). The van der Waals surface area contributed by atoms with Crippen molar-refractivity contribution in [3.63, 3.8) is 0 Å². The number of aromatic nitrogens is 3. The number of ether oxygens (including phenoxy) is 1. The van der Waals surface area contributed by atoms with Crippen molar-refractivity contribution in [2.45, 2.75) is 19.7 Å². The van der Waals surface area contributed by atoms with Crippen LogP contribution >= 0.6 is 11.6 Å². The fourth-order valence-electron chi connectivity index (χ4n) is 2.50. The van der Waals surface area contributed by atoms with E-state index in [2.05, 4.69) is 10.1 Å². The molecule has 0 saturated carbocycles. The lowest BCUT2D eigenvalue weighted by Crippen LogP contribution is -2.08. The van der Waals surface area contributed by atoms with Gasteiger partial charge < -0.3 is 4.74 Å². The zero-order valence-corrected chi connectivity index (χ0v) is 13.6. The van der Waals surface area contributed by atoms with Gasteiger partial charge in [-0.1, -0.05) is 23.7 Å². The first-order chi connectivity index (χ1) is 11.3. The third-order valence-electron chi connectivity index (χ3n) is 3.53. The molecule has 4 nitrogen and oxygen atoms in total. The molecule has 0 spiro atoms. The average Bonchev–Trinajstić information content (AvgIpc) is 2.78. The molecule has 24 heavy (non-hydrogen) atoms. The van der Waals surface area contributed by atoms with E-state index in [1.807, 2.05) is 0 Å². The van der Waals surface area contributed by atoms with E-state index in [9.17, 15) is 13.2 Å². The van der Waals surface area contributed by atoms with Gasteiger partial charge in [-0.3, -0.25) is 4.68 Å². The molecule has 2 aromatic heterocycles. The normalized spacial score (nSPS) is 11.9. The van der Waals surface area contributed by atoms with E-state index < -0.39 is 11.7 Å². The van der Waals surface area contributed by atoms with Crippen LogP contribution in [0, 0.1) is 6.92 Å². The van der Waals surface area contributed by atoms with Crippen molar-refractivity contribution in [1.29, 1.82) is 0 Å². The second kappa shape index (κ2) is 5.98. The summed E-state index contributed by atoms with van der Waals surface area (Å²) in [5, 5.41) is 4.53. The lowest BCUT2D eigenvalue weighted by molar-refractivity contribution is -0.136. The summed E-state index contributed by atoms with van der Waals surface area (Å²) in [4.78, 5) is 4.15. The number of aryl methyl sites for hydroxylation is 2. The van der Waals surface area contributed by atoms with Crippen LogP contribution in [0.4, 0.5) is 13.2 Å². The highest BCUT2D eigenvalue weighted by molar-refractivity contribution is 6.30. The van der Waals surface area contributed by atoms with Crippen molar-refractivity contribution in [2.24, 2.45) is 7.05 Å². The predicted octanol–water partition coefficient (Wildman–Crippen LogP) is 4.53. The lowest BCUT2D eigenvalue weighted by Gasteiger charge is -2.12. The third-order valence-corrected chi connectivity index (χ3v) is 3.76. The first-order valence-electron chi connectivity index (χ1n) is 7.04. The number of hydrogen-bond donors (Lipinski definition) is 0. The van der Waals surface area contributed by atoms with Gasteiger partial charge >= 0.3 is 6.18 Å². The second-order valence-electron chi connectivity index (χ2n) is 5.33. The summed E-state index contributed by atoms with van der Waals surface area (Å²) < 4.78 is 46.9. The Labute approximate surface area is 140 Å². The van der Waals surface area contributed by atoms with Gasteiger partial charge in [0.25, 0.3) is 0 Å². The Bertz CT molecular complexity index is 905. The van der Waals surface area contributed by atoms with Gasteiger partial charge in [-0.2, -0.15) is 23.3 Å². The molecular formula is C16H13ClF3N3O. The van der Waals surface area contributed by atoms with Gasteiger partial charge in [0, 0.05) is 18.1 Å². The molecule has 0 aliphatic heterocycles. The summed E-state index contributed by atoms with van der Waals surface area (Å²) in [6.07, 6.45) is -4.52. The molecule has 0 radical (unpaired) electrons. The first kappa shape index (κ1) is 16.6. The summed E-state index contributed by atoms with van der Waals surface area (Å²) in [5.74, 6) is -0.113. The fourth-order valence-corrected chi connectivity index (χ4v) is 2.72. The van der Waals surface area contributed by atoms with E-state index in [1.54, 1.807) is 31.3 Å². The van der Waals surface area contributed by atoms with Crippen LogP contribution in [-0.2, 0) is 19.8 Å². The van der Waals surface area contributed by atoms with E-state index in [0.717, 1.165) is 11.6 Å². The molecule has 1 aromatic carbocycles. The molecule has 0 fully saturated rings. The summed E-state index contributed by atoms with van der Waals surface area (Å²) in [6, 6.07) is 7.79. The molecule has 0 aliphatic carbocycles. The topological polar surface area (TPSA) is 39.9 Å². The average molecular weight is 356 g/mol. The number of pyridine rings is 1. The molecule has 0 saturated heterocycles. The lowest BCUT2D eigenvalue weighted by atomic mass is 10.1.